The summed E-state index contributed by atoms with van der Waals surface area (Å²) in [6, 6.07) is 0. The zero-order valence-electron chi connectivity index (χ0n) is 9.55. The van der Waals surface area contributed by atoms with Crippen molar-refractivity contribution < 1.29 is 9.53 Å². The summed E-state index contributed by atoms with van der Waals surface area (Å²) in [5, 5.41) is 3.26. The van der Waals surface area contributed by atoms with Crippen molar-refractivity contribution in [3.8, 4) is 0 Å². The molecule has 1 saturated carbocycles. The highest BCUT2D eigenvalue weighted by molar-refractivity contribution is 5.77. The van der Waals surface area contributed by atoms with Crippen LogP contribution in [0.15, 0.2) is 0 Å². The van der Waals surface area contributed by atoms with Crippen LogP contribution in [0.25, 0.3) is 0 Å². The van der Waals surface area contributed by atoms with Crippen LogP contribution in [0.3, 0.4) is 0 Å². The van der Waals surface area contributed by atoms with Gasteiger partial charge in [-0.2, -0.15) is 0 Å². The Morgan fingerprint density at radius 2 is 2.33 bits per heavy atom. The molecule has 3 heteroatoms. The normalized spacial score (nSPS) is 30.5. The molecule has 0 aromatic heterocycles. The van der Waals surface area contributed by atoms with Gasteiger partial charge < -0.3 is 10.1 Å². The molecular formula is C12H21NO2. The molecule has 15 heavy (non-hydrogen) atoms. The molecule has 0 aromatic rings. The molecule has 0 amide bonds. The summed E-state index contributed by atoms with van der Waals surface area (Å²) in [7, 11) is 0. The number of carbonyl (C=O) groups excluding carboxylic acids is 1. The van der Waals surface area contributed by atoms with Crippen LogP contribution in [0.5, 0.6) is 0 Å². The molecule has 1 unspecified atom stereocenters. The van der Waals surface area contributed by atoms with E-state index in [4.69, 9.17) is 4.74 Å². The van der Waals surface area contributed by atoms with Crippen molar-refractivity contribution in [2.75, 3.05) is 19.7 Å². The largest absolute Gasteiger partial charge is 0.465 e. The first kappa shape index (κ1) is 10.9. The van der Waals surface area contributed by atoms with Gasteiger partial charge in [0.15, 0.2) is 0 Å². The molecule has 0 spiro atoms. The molecule has 2 fully saturated rings. The van der Waals surface area contributed by atoms with E-state index in [1.807, 2.05) is 0 Å². The maximum Gasteiger partial charge on any atom is 0.313 e. The average Bonchev–Trinajstić information content (AvgIpc) is 2.94. The lowest BCUT2D eigenvalue weighted by molar-refractivity contribution is -0.155. The molecule has 1 aliphatic carbocycles. The summed E-state index contributed by atoms with van der Waals surface area (Å²) in [6.45, 7) is 4.46. The van der Waals surface area contributed by atoms with Gasteiger partial charge in [-0.1, -0.05) is 19.8 Å². The van der Waals surface area contributed by atoms with E-state index in [-0.39, 0.29) is 11.4 Å². The van der Waals surface area contributed by atoms with Crippen LogP contribution in [-0.4, -0.2) is 25.7 Å². The van der Waals surface area contributed by atoms with Crippen LogP contribution in [-0.2, 0) is 9.53 Å². The molecule has 1 saturated heterocycles. The Bertz CT molecular complexity index is 230. The summed E-state index contributed by atoms with van der Waals surface area (Å²) in [5.74, 6) is 0.868. The van der Waals surface area contributed by atoms with Crippen LogP contribution < -0.4 is 5.32 Å². The smallest absolute Gasteiger partial charge is 0.313 e. The Kier molecular flexibility index (Phi) is 3.29. The summed E-state index contributed by atoms with van der Waals surface area (Å²) >= 11 is 0. The van der Waals surface area contributed by atoms with Gasteiger partial charge in [0.25, 0.3) is 0 Å². The van der Waals surface area contributed by atoms with Gasteiger partial charge in [0.2, 0.25) is 0 Å². The Balaban J connectivity index is 1.76. The molecule has 1 aliphatic heterocycles. The fourth-order valence-electron chi connectivity index (χ4n) is 2.24. The number of esters is 1. The summed E-state index contributed by atoms with van der Waals surface area (Å²) in [6.07, 6.45) is 5.56. The van der Waals surface area contributed by atoms with Crippen molar-refractivity contribution >= 4 is 5.97 Å². The predicted octanol–water partition coefficient (Wildman–Crippen LogP) is 1.72. The molecule has 0 radical (unpaired) electrons. The average molecular weight is 211 g/mol. The Labute approximate surface area is 91.6 Å². The fourth-order valence-corrected chi connectivity index (χ4v) is 2.24. The SMILES string of the molecule is CCC1(C(=O)OCCC2CC2)CCNC1. The van der Waals surface area contributed by atoms with Crippen molar-refractivity contribution in [2.24, 2.45) is 11.3 Å². The van der Waals surface area contributed by atoms with Crippen LogP contribution in [0.2, 0.25) is 0 Å². The van der Waals surface area contributed by atoms with Crippen molar-refractivity contribution in [1.29, 1.82) is 0 Å². The number of hydrogen-bond donors (Lipinski definition) is 1. The molecule has 0 bridgehead atoms. The maximum atomic E-state index is 11.9. The summed E-state index contributed by atoms with van der Waals surface area (Å²) in [4.78, 5) is 11.9. The minimum absolute atomic E-state index is 0.0238. The zero-order chi connectivity index (χ0) is 10.7. The van der Waals surface area contributed by atoms with E-state index in [1.54, 1.807) is 0 Å². The predicted molar refractivity (Wildman–Crippen MR) is 58.5 cm³/mol. The quantitative estimate of drug-likeness (QED) is 0.704. The van der Waals surface area contributed by atoms with Crippen LogP contribution in [0.4, 0.5) is 0 Å². The monoisotopic (exact) mass is 211 g/mol. The molecule has 1 atom stereocenters. The Morgan fingerprint density at radius 1 is 1.53 bits per heavy atom. The third-order valence-corrected chi connectivity index (χ3v) is 3.81. The first-order valence-electron chi connectivity index (χ1n) is 6.15. The molecule has 0 aromatic carbocycles. The highest BCUT2D eigenvalue weighted by Crippen LogP contribution is 2.34. The van der Waals surface area contributed by atoms with E-state index >= 15 is 0 Å². The van der Waals surface area contributed by atoms with E-state index in [1.165, 1.54) is 12.8 Å². The second-order valence-corrected chi connectivity index (χ2v) is 4.93. The van der Waals surface area contributed by atoms with Gasteiger partial charge in [-0.05, 0) is 31.7 Å². The second-order valence-electron chi connectivity index (χ2n) is 4.93. The summed E-state index contributed by atoms with van der Waals surface area (Å²) < 4.78 is 5.39. The van der Waals surface area contributed by atoms with Crippen molar-refractivity contribution in [3.63, 3.8) is 0 Å². The van der Waals surface area contributed by atoms with E-state index < -0.39 is 0 Å². The third-order valence-electron chi connectivity index (χ3n) is 3.81. The van der Waals surface area contributed by atoms with Gasteiger partial charge >= 0.3 is 5.97 Å². The van der Waals surface area contributed by atoms with E-state index in [2.05, 4.69) is 12.2 Å². The topological polar surface area (TPSA) is 38.3 Å². The van der Waals surface area contributed by atoms with Crippen molar-refractivity contribution in [2.45, 2.75) is 39.0 Å². The van der Waals surface area contributed by atoms with Crippen molar-refractivity contribution in [1.82, 2.24) is 5.32 Å². The molecule has 1 N–H and O–H groups in total. The lowest BCUT2D eigenvalue weighted by Crippen LogP contribution is -2.34. The van der Waals surface area contributed by atoms with Gasteiger partial charge in [-0.3, -0.25) is 4.79 Å². The van der Waals surface area contributed by atoms with E-state index in [9.17, 15) is 4.79 Å². The lowest BCUT2D eigenvalue weighted by atomic mass is 9.84. The minimum Gasteiger partial charge on any atom is -0.465 e. The maximum absolute atomic E-state index is 11.9. The molecule has 3 nitrogen and oxygen atoms in total. The third kappa shape index (κ3) is 2.51. The molecule has 1 heterocycles. The van der Waals surface area contributed by atoms with Gasteiger partial charge in [0.05, 0.1) is 12.0 Å². The standard InChI is InChI=1S/C12H21NO2/c1-2-12(6-7-13-9-12)11(14)15-8-5-10-3-4-10/h10,13H,2-9H2,1H3. The fraction of sp³-hybridized carbons (Fsp3) is 0.917. The van der Waals surface area contributed by atoms with E-state index in [0.29, 0.717) is 6.61 Å². The number of hydrogen-bond acceptors (Lipinski definition) is 3. The second kappa shape index (κ2) is 4.52. The molecule has 2 rings (SSSR count). The first-order valence-corrected chi connectivity index (χ1v) is 6.15. The highest BCUT2D eigenvalue weighted by Gasteiger charge is 2.41. The Morgan fingerprint density at radius 3 is 2.87 bits per heavy atom. The first-order chi connectivity index (χ1) is 7.27. The summed E-state index contributed by atoms with van der Waals surface area (Å²) in [5.41, 5.74) is -0.219. The molecule has 86 valence electrons. The molecular weight excluding hydrogens is 190 g/mol. The Hall–Kier alpha value is -0.570. The highest BCUT2D eigenvalue weighted by atomic mass is 16.5. The number of carbonyl (C=O) groups is 1. The van der Waals surface area contributed by atoms with Gasteiger partial charge in [-0.25, -0.2) is 0 Å². The van der Waals surface area contributed by atoms with Gasteiger partial charge in [0.1, 0.15) is 0 Å². The van der Waals surface area contributed by atoms with E-state index in [0.717, 1.165) is 38.3 Å². The number of ether oxygens (including phenoxy) is 1. The number of rotatable bonds is 5. The van der Waals surface area contributed by atoms with Crippen LogP contribution >= 0.6 is 0 Å². The molecule has 2 aliphatic rings. The van der Waals surface area contributed by atoms with Crippen molar-refractivity contribution in [3.05, 3.63) is 0 Å². The van der Waals surface area contributed by atoms with Crippen LogP contribution in [0.1, 0.15) is 39.0 Å². The van der Waals surface area contributed by atoms with Gasteiger partial charge in [0, 0.05) is 6.54 Å². The zero-order valence-corrected chi connectivity index (χ0v) is 9.55. The van der Waals surface area contributed by atoms with Crippen LogP contribution in [0, 0.1) is 11.3 Å². The van der Waals surface area contributed by atoms with Gasteiger partial charge in [-0.15, -0.1) is 0 Å². The number of nitrogens with one attached hydrogen (secondary N) is 1. The lowest BCUT2D eigenvalue weighted by Gasteiger charge is -2.23. The minimum atomic E-state index is -0.219.